The molecule has 0 bridgehead atoms. The molecule has 1 saturated heterocycles. The zero-order valence-electron chi connectivity index (χ0n) is 14.1. The normalized spacial score (nSPS) is 18.4. The first-order valence-electron chi connectivity index (χ1n) is 7.53. The molecule has 5 nitrogen and oxygen atoms in total. The van der Waals surface area contributed by atoms with Gasteiger partial charge in [-0.2, -0.15) is 4.31 Å². The van der Waals surface area contributed by atoms with Crippen LogP contribution in [0, 0.1) is 0 Å². The van der Waals surface area contributed by atoms with Crippen molar-refractivity contribution in [2.75, 3.05) is 40.3 Å². The number of hydrogen-bond donors (Lipinski definition) is 0. The number of benzene rings is 1. The smallest absolute Gasteiger partial charge is 0.243 e. The number of methoxy groups -OCH3 is 1. The van der Waals surface area contributed by atoms with E-state index < -0.39 is 10.0 Å². The summed E-state index contributed by atoms with van der Waals surface area (Å²) < 4.78 is 32.6. The molecule has 1 aromatic rings. The van der Waals surface area contributed by atoms with E-state index in [1.807, 2.05) is 7.05 Å². The Bertz CT molecular complexity index is 627. The van der Waals surface area contributed by atoms with Crippen LogP contribution in [0.15, 0.2) is 23.1 Å². The van der Waals surface area contributed by atoms with Gasteiger partial charge in [0.15, 0.2) is 0 Å². The molecule has 1 heterocycles. The van der Waals surface area contributed by atoms with Gasteiger partial charge in [-0.25, -0.2) is 8.42 Å². The van der Waals surface area contributed by atoms with Gasteiger partial charge < -0.3 is 9.64 Å². The van der Waals surface area contributed by atoms with Crippen LogP contribution in [0.2, 0.25) is 0 Å². The van der Waals surface area contributed by atoms with E-state index in [1.54, 1.807) is 29.6 Å². The minimum absolute atomic E-state index is 0.182. The fourth-order valence-corrected chi connectivity index (χ4v) is 4.06. The molecular formula is C16H26N2O3S. The van der Waals surface area contributed by atoms with Gasteiger partial charge in [-0.15, -0.1) is 0 Å². The summed E-state index contributed by atoms with van der Waals surface area (Å²) >= 11 is 0. The van der Waals surface area contributed by atoms with Gasteiger partial charge in [0, 0.05) is 31.7 Å². The molecule has 1 aliphatic rings. The summed E-state index contributed by atoms with van der Waals surface area (Å²) in [5.74, 6) is 0.727. The standard InChI is InChI=1S/C16H26N2O3S/c1-16(2,3)14-12-13(6-7-15(14)21-5)22(19,20)18-10-8-17(4)9-11-18/h6-7,12H,8-11H2,1-5H3. The zero-order valence-corrected chi connectivity index (χ0v) is 14.9. The molecule has 0 N–H and O–H groups in total. The van der Waals surface area contributed by atoms with Gasteiger partial charge in [-0.1, -0.05) is 20.8 Å². The van der Waals surface area contributed by atoms with Gasteiger partial charge >= 0.3 is 0 Å². The average Bonchev–Trinajstić information content (AvgIpc) is 2.46. The Morgan fingerprint density at radius 1 is 1.09 bits per heavy atom. The third-order valence-electron chi connectivity index (χ3n) is 4.08. The summed E-state index contributed by atoms with van der Waals surface area (Å²) in [4.78, 5) is 2.49. The first kappa shape index (κ1) is 17.2. The number of nitrogens with zero attached hydrogens (tertiary/aromatic N) is 2. The van der Waals surface area contributed by atoms with Crippen molar-refractivity contribution in [2.45, 2.75) is 31.1 Å². The highest BCUT2D eigenvalue weighted by atomic mass is 32.2. The number of sulfonamides is 1. The molecule has 0 atom stereocenters. The Balaban J connectivity index is 2.40. The molecule has 6 heteroatoms. The minimum atomic E-state index is -3.44. The van der Waals surface area contributed by atoms with Crippen molar-refractivity contribution in [1.29, 1.82) is 0 Å². The maximum Gasteiger partial charge on any atom is 0.243 e. The molecule has 0 saturated carbocycles. The fourth-order valence-electron chi connectivity index (χ4n) is 2.61. The molecule has 22 heavy (non-hydrogen) atoms. The molecule has 0 aliphatic carbocycles. The molecule has 1 aromatic carbocycles. The zero-order chi connectivity index (χ0) is 16.5. The third-order valence-corrected chi connectivity index (χ3v) is 5.97. The van der Waals surface area contributed by atoms with E-state index in [-0.39, 0.29) is 5.41 Å². The number of rotatable bonds is 3. The quantitative estimate of drug-likeness (QED) is 0.852. The van der Waals surface area contributed by atoms with E-state index in [9.17, 15) is 8.42 Å². The second-order valence-corrected chi connectivity index (χ2v) is 8.76. The predicted octanol–water partition coefficient (Wildman–Crippen LogP) is 1.93. The minimum Gasteiger partial charge on any atom is -0.496 e. The summed E-state index contributed by atoms with van der Waals surface area (Å²) in [6, 6.07) is 5.15. The van der Waals surface area contributed by atoms with Crippen LogP contribution in [0.1, 0.15) is 26.3 Å². The first-order chi connectivity index (χ1) is 10.2. The molecule has 0 radical (unpaired) electrons. The highest BCUT2D eigenvalue weighted by molar-refractivity contribution is 7.89. The number of ether oxygens (including phenoxy) is 1. The second kappa shape index (κ2) is 6.18. The van der Waals surface area contributed by atoms with Gasteiger partial charge in [0.2, 0.25) is 10.0 Å². The van der Waals surface area contributed by atoms with Crippen LogP contribution in [0.5, 0.6) is 5.75 Å². The summed E-state index contributed by atoms with van der Waals surface area (Å²) in [6.07, 6.45) is 0. The van der Waals surface area contributed by atoms with Crippen molar-refractivity contribution in [3.8, 4) is 5.75 Å². The van der Waals surface area contributed by atoms with E-state index in [2.05, 4.69) is 25.7 Å². The molecule has 1 fully saturated rings. The van der Waals surface area contributed by atoms with Gasteiger partial charge in [-0.05, 0) is 30.7 Å². The van der Waals surface area contributed by atoms with Crippen molar-refractivity contribution in [3.63, 3.8) is 0 Å². The van der Waals surface area contributed by atoms with E-state index >= 15 is 0 Å². The van der Waals surface area contributed by atoms with Crippen LogP contribution >= 0.6 is 0 Å². The van der Waals surface area contributed by atoms with Crippen LogP contribution in [0.25, 0.3) is 0 Å². The maximum atomic E-state index is 12.8. The average molecular weight is 326 g/mol. The number of likely N-dealkylation sites (N-methyl/N-ethyl adjacent to an activating group) is 1. The molecule has 2 rings (SSSR count). The van der Waals surface area contributed by atoms with Gasteiger partial charge in [-0.3, -0.25) is 0 Å². The van der Waals surface area contributed by atoms with Crippen LogP contribution in [-0.2, 0) is 15.4 Å². The molecule has 0 amide bonds. The van der Waals surface area contributed by atoms with Crippen molar-refractivity contribution in [1.82, 2.24) is 9.21 Å². The van der Waals surface area contributed by atoms with Crippen molar-refractivity contribution < 1.29 is 13.2 Å². The predicted molar refractivity (Wildman–Crippen MR) is 87.9 cm³/mol. The lowest BCUT2D eigenvalue weighted by Gasteiger charge is -2.32. The number of hydrogen-bond acceptors (Lipinski definition) is 4. The molecule has 1 aliphatic heterocycles. The van der Waals surface area contributed by atoms with E-state index in [1.165, 1.54) is 0 Å². The topological polar surface area (TPSA) is 49.9 Å². The summed E-state index contributed by atoms with van der Waals surface area (Å²) in [5, 5.41) is 0. The summed E-state index contributed by atoms with van der Waals surface area (Å²) in [6.45, 7) is 8.76. The third kappa shape index (κ3) is 3.45. The van der Waals surface area contributed by atoms with E-state index in [0.717, 1.165) is 24.4 Å². The lowest BCUT2D eigenvalue weighted by Crippen LogP contribution is -2.47. The van der Waals surface area contributed by atoms with Gasteiger partial charge in [0.1, 0.15) is 5.75 Å². The first-order valence-corrected chi connectivity index (χ1v) is 8.97. The molecule has 0 spiro atoms. The van der Waals surface area contributed by atoms with Crippen molar-refractivity contribution >= 4 is 10.0 Å². The van der Waals surface area contributed by atoms with Crippen molar-refractivity contribution in [2.24, 2.45) is 0 Å². The number of piperazine rings is 1. The molecule has 0 aromatic heterocycles. The van der Waals surface area contributed by atoms with Gasteiger partial charge in [0.05, 0.1) is 12.0 Å². The van der Waals surface area contributed by atoms with Gasteiger partial charge in [0.25, 0.3) is 0 Å². The van der Waals surface area contributed by atoms with Crippen LogP contribution in [-0.4, -0.2) is 58.0 Å². The molecule has 124 valence electrons. The Labute approximate surface area is 133 Å². The second-order valence-electron chi connectivity index (χ2n) is 6.82. The molecule has 0 unspecified atom stereocenters. The maximum absolute atomic E-state index is 12.8. The van der Waals surface area contributed by atoms with Crippen LogP contribution < -0.4 is 4.74 Å². The summed E-state index contributed by atoms with van der Waals surface area (Å²) in [5.41, 5.74) is 0.726. The van der Waals surface area contributed by atoms with Crippen LogP contribution in [0.4, 0.5) is 0 Å². The van der Waals surface area contributed by atoms with E-state index in [4.69, 9.17) is 4.74 Å². The highest BCUT2D eigenvalue weighted by Crippen LogP contribution is 2.33. The summed E-state index contributed by atoms with van der Waals surface area (Å²) in [7, 11) is 0.177. The lowest BCUT2D eigenvalue weighted by molar-refractivity contribution is 0.222. The Hall–Kier alpha value is -1.11. The van der Waals surface area contributed by atoms with Crippen LogP contribution in [0.3, 0.4) is 0 Å². The Kier molecular flexibility index (Phi) is 4.84. The SMILES string of the molecule is COc1ccc(S(=O)(=O)N2CCN(C)CC2)cc1C(C)(C)C. The Morgan fingerprint density at radius 3 is 2.18 bits per heavy atom. The van der Waals surface area contributed by atoms with Crippen molar-refractivity contribution in [3.05, 3.63) is 23.8 Å². The largest absolute Gasteiger partial charge is 0.496 e. The lowest BCUT2D eigenvalue weighted by atomic mass is 9.86. The molecular weight excluding hydrogens is 300 g/mol. The van der Waals surface area contributed by atoms with E-state index in [0.29, 0.717) is 18.0 Å². The highest BCUT2D eigenvalue weighted by Gasteiger charge is 2.29. The monoisotopic (exact) mass is 326 g/mol. The fraction of sp³-hybridized carbons (Fsp3) is 0.625. The Morgan fingerprint density at radius 2 is 1.68 bits per heavy atom.